The Morgan fingerprint density at radius 2 is 1.23 bits per heavy atom. The van der Waals surface area contributed by atoms with Gasteiger partial charge in [0.1, 0.15) is 0 Å². The van der Waals surface area contributed by atoms with Gasteiger partial charge in [-0.15, -0.1) is 9.66 Å². The average molecular weight is 470 g/mol. The zero-order chi connectivity index (χ0) is 23.4. The molecule has 2 aromatic carbocycles. The summed E-state index contributed by atoms with van der Waals surface area (Å²) < 4.78 is 49.5. The van der Waals surface area contributed by atoms with E-state index in [1.54, 1.807) is 9.66 Å². The van der Waals surface area contributed by atoms with Gasteiger partial charge in [-0.25, -0.2) is 21.6 Å². The molecule has 31 heavy (non-hydrogen) atoms. The summed E-state index contributed by atoms with van der Waals surface area (Å²) in [5.41, 5.74) is -0.291. The Bertz CT molecular complexity index is 1240. The van der Waals surface area contributed by atoms with Gasteiger partial charge in [-0.05, 0) is 42.5 Å². The third kappa shape index (κ3) is 6.32. The van der Waals surface area contributed by atoms with Crippen LogP contribution in [0.2, 0.25) is 0 Å². The number of carbonyl (C=O) groups excluding carboxylic acids is 2. The highest BCUT2D eigenvalue weighted by Gasteiger charge is 2.22. The molecule has 0 radical (unpaired) electrons. The first kappa shape index (κ1) is 23.9. The van der Waals surface area contributed by atoms with Gasteiger partial charge in [0.15, 0.2) is 0 Å². The number of aromatic carboxylic acids is 1. The fourth-order valence-electron chi connectivity index (χ4n) is 2.31. The molecule has 0 aliphatic heterocycles. The Morgan fingerprint density at radius 3 is 1.71 bits per heavy atom. The van der Waals surface area contributed by atoms with Crippen LogP contribution >= 0.6 is 0 Å². The number of hydrogen-bond donors (Lipinski definition) is 5. The van der Waals surface area contributed by atoms with E-state index >= 15 is 0 Å². The number of carboxylic acid groups (broad SMARTS) is 1. The van der Waals surface area contributed by atoms with Crippen LogP contribution < -0.4 is 20.3 Å². The molecule has 2 aromatic rings. The Kier molecular flexibility index (Phi) is 7.12. The zero-order valence-corrected chi connectivity index (χ0v) is 17.8. The summed E-state index contributed by atoms with van der Waals surface area (Å²) in [6, 6.07) is 7.74. The quantitative estimate of drug-likeness (QED) is 0.344. The lowest BCUT2D eigenvalue weighted by atomic mass is 10.2. The van der Waals surface area contributed by atoms with Gasteiger partial charge in [-0.1, -0.05) is 0 Å². The lowest BCUT2D eigenvalue weighted by Gasteiger charge is -2.12. The number of anilines is 2. The number of benzene rings is 2. The van der Waals surface area contributed by atoms with Gasteiger partial charge in [-0.2, -0.15) is 0 Å². The maximum atomic E-state index is 12.4. The highest BCUT2D eigenvalue weighted by atomic mass is 32.2. The number of carboxylic acids is 1. The molecule has 0 fully saturated rings. The smallest absolute Gasteiger partial charge is 0.337 e. The molecule has 5 N–H and O–H groups in total. The molecule has 0 atom stereocenters. The van der Waals surface area contributed by atoms with E-state index in [9.17, 15) is 36.3 Å². The molecule has 0 aliphatic carbocycles. The Balaban J connectivity index is 2.24. The normalized spacial score (nSPS) is 11.5. The van der Waals surface area contributed by atoms with E-state index in [0.717, 1.165) is 37.3 Å². The van der Waals surface area contributed by atoms with Crippen LogP contribution in [0.3, 0.4) is 0 Å². The van der Waals surface area contributed by atoms with Gasteiger partial charge in [0.25, 0.3) is 20.0 Å². The Labute approximate surface area is 177 Å². The fourth-order valence-corrected chi connectivity index (χ4v) is 4.44. The molecule has 0 aromatic heterocycles. The molecule has 0 heterocycles. The number of hydrazine groups is 1. The second kappa shape index (κ2) is 9.22. The molecule has 0 aliphatic rings. The minimum Gasteiger partial charge on any atom is -0.478 e. The van der Waals surface area contributed by atoms with Crippen molar-refractivity contribution >= 4 is 49.2 Å². The summed E-state index contributed by atoms with van der Waals surface area (Å²) in [6.45, 7) is 2.43. The van der Waals surface area contributed by atoms with E-state index in [1.165, 1.54) is 19.1 Å². The largest absolute Gasteiger partial charge is 0.478 e. The van der Waals surface area contributed by atoms with Crippen LogP contribution in [0.1, 0.15) is 24.2 Å². The van der Waals surface area contributed by atoms with Gasteiger partial charge in [0, 0.05) is 19.5 Å². The van der Waals surface area contributed by atoms with Crippen LogP contribution in [0.15, 0.2) is 52.3 Å². The van der Waals surface area contributed by atoms with Crippen LogP contribution in [0.5, 0.6) is 0 Å². The SMILES string of the molecule is CC(=O)Nc1ccc(S(=O)(=O)NNS(=O)(=O)c2ccc(NC(C)=O)c(C(=O)O)c2)cc1. The van der Waals surface area contributed by atoms with Crippen LogP contribution in [-0.2, 0) is 29.6 Å². The molecular weight excluding hydrogens is 452 g/mol. The van der Waals surface area contributed by atoms with Gasteiger partial charge >= 0.3 is 5.97 Å². The van der Waals surface area contributed by atoms with E-state index in [1.807, 2.05) is 0 Å². The second-order valence-electron chi connectivity index (χ2n) is 6.11. The number of carbonyl (C=O) groups is 3. The molecular formula is C17H18N4O8S2. The summed E-state index contributed by atoms with van der Waals surface area (Å²) in [7, 11) is -8.82. The van der Waals surface area contributed by atoms with E-state index < -0.39 is 42.4 Å². The van der Waals surface area contributed by atoms with Gasteiger partial charge in [0.05, 0.1) is 21.0 Å². The first-order chi connectivity index (χ1) is 14.3. The highest BCUT2D eigenvalue weighted by molar-refractivity contribution is 7.92. The molecule has 2 rings (SSSR count). The highest BCUT2D eigenvalue weighted by Crippen LogP contribution is 2.21. The summed E-state index contributed by atoms with van der Waals surface area (Å²) in [5, 5.41) is 14.0. The van der Waals surface area contributed by atoms with E-state index in [2.05, 4.69) is 10.6 Å². The molecule has 14 heteroatoms. The number of rotatable bonds is 8. The summed E-state index contributed by atoms with van der Waals surface area (Å²) in [6.07, 6.45) is 0. The van der Waals surface area contributed by atoms with Gasteiger partial charge in [0.2, 0.25) is 11.8 Å². The second-order valence-corrected chi connectivity index (χ2v) is 9.48. The minimum absolute atomic E-state index is 0.126. The predicted octanol–water partition coefficient (Wildman–Crippen LogP) is 0.473. The predicted molar refractivity (Wildman–Crippen MR) is 109 cm³/mol. The molecule has 166 valence electrons. The Hall–Kier alpha value is -3.33. The van der Waals surface area contributed by atoms with Crippen molar-refractivity contribution in [2.24, 2.45) is 0 Å². The monoisotopic (exact) mass is 470 g/mol. The van der Waals surface area contributed by atoms with Gasteiger partial charge in [-0.3, -0.25) is 9.59 Å². The van der Waals surface area contributed by atoms with Crippen molar-refractivity contribution in [2.75, 3.05) is 10.6 Å². The average Bonchev–Trinajstić information content (AvgIpc) is 2.66. The maximum Gasteiger partial charge on any atom is 0.337 e. The Morgan fingerprint density at radius 1 is 0.742 bits per heavy atom. The third-order valence-electron chi connectivity index (χ3n) is 3.64. The van der Waals surface area contributed by atoms with Crippen molar-refractivity contribution in [1.29, 1.82) is 0 Å². The topological polar surface area (TPSA) is 188 Å². The first-order valence-electron chi connectivity index (χ1n) is 8.38. The summed E-state index contributed by atoms with van der Waals surface area (Å²) in [5.74, 6) is -2.42. The van der Waals surface area contributed by atoms with Crippen LogP contribution in [0.4, 0.5) is 11.4 Å². The van der Waals surface area contributed by atoms with Crippen molar-refractivity contribution in [3.63, 3.8) is 0 Å². The summed E-state index contributed by atoms with van der Waals surface area (Å²) >= 11 is 0. The van der Waals surface area contributed by atoms with Crippen LogP contribution in [0, 0.1) is 0 Å². The molecule has 0 bridgehead atoms. The lowest BCUT2D eigenvalue weighted by molar-refractivity contribution is -0.115. The van der Waals surface area contributed by atoms with E-state index in [-0.39, 0.29) is 16.5 Å². The van der Waals surface area contributed by atoms with E-state index in [0.29, 0.717) is 5.69 Å². The van der Waals surface area contributed by atoms with Crippen LogP contribution in [-0.4, -0.2) is 39.7 Å². The summed E-state index contributed by atoms with van der Waals surface area (Å²) in [4.78, 5) is 36.1. The van der Waals surface area contributed by atoms with Crippen molar-refractivity contribution in [2.45, 2.75) is 23.6 Å². The third-order valence-corrected chi connectivity index (χ3v) is 6.28. The first-order valence-corrected chi connectivity index (χ1v) is 11.3. The number of sulfonamides is 2. The van der Waals surface area contributed by atoms with Crippen LogP contribution in [0.25, 0.3) is 0 Å². The van der Waals surface area contributed by atoms with Crippen molar-refractivity contribution in [1.82, 2.24) is 9.66 Å². The lowest BCUT2D eigenvalue weighted by Crippen LogP contribution is -2.41. The molecule has 12 nitrogen and oxygen atoms in total. The molecule has 0 saturated carbocycles. The molecule has 2 amide bonds. The molecule has 0 saturated heterocycles. The minimum atomic E-state index is -4.50. The van der Waals surface area contributed by atoms with E-state index in [4.69, 9.17) is 0 Å². The number of amides is 2. The fraction of sp³-hybridized carbons (Fsp3) is 0.118. The molecule has 0 unspecified atom stereocenters. The maximum absolute atomic E-state index is 12.4. The molecule has 0 spiro atoms. The van der Waals surface area contributed by atoms with Gasteiger partial charge < -0.3 is 15.7 Å². The standard InChI is InChI=1S/C17H18N4O8S2/c1-10(22)18-12-3-5-13(6-4-12)30(26,27)20-21-31(28,29)14-7-8-16(19-11(2)23)15(9-14)17(24)25/h3-9,20-21H,1-2H3,(H,18,22)(H,19,23)(H,24,25). The van der Waals surface area contributed by atoms with Crippen molar-refractivity contribution in [3.05, 3.63) is 48.0 Å². The zero-order valence-electron chi connectivity index (χ0n) is 16.2. The van der Waals surface area contributed by atoms with Crippen molar-refractivity contribution in [3.8, 4) is 0 Å². The van der Waals surface area contributed by atoms with Crippen molar-refractivity contribution < 1.29 is 36.3 Å². The number of nitrogens with one attached hydrogen (secondary N) is 4. The number of hydrogen-bond acceptors (Lipinski definition) is 7.